The minimum absolute atomic E-state index is 0.00964. The molecule has 0 saturated carbocycles. The number of hydrogen-bond donors (Lipinski definition) is 1. The molecule has 1 amide bonds. The SMILES string of the molecule is Cc1ccc(C)c([C@@H](C)NC(=O)COc2cc(C)c(Br)c(C)c2)c1. The molecule has 1 atom stereocenters. The van der Waals surface area contributed by atoms with E-state index in [1.807, 2.05) is 32.9 Å². The van der Waals surface area contributed by atoms with E-state index in [1.54, 1.807) is 0 Å². The maximum Gasteiger partial charge on any atom is 0.258 e. The Hall–Kier alpha value is -1.81. The molecule has 3 nitrogen and oxygen atoms in total. The topological polar surface area (TPSA) is 38.3 Å². The summed E-state index contributed by atoms with van der Waals surface area (Å²) in [5.41, 5.74) is 5.68. The monoisotopic (exact) mass is 389 g/mol. The number of nitrogens with one attached hydrogen (secondary N) is 1. The summed E-state index contributed by atoms with van der Waals surface area (Å²) in [7, 11) is 0. The predicted molar refractivity (Wildman–Crippen MR) is 102 cm³/mol. The van der Waals surface area contributed by atoms with Crippen molar-refractivity contribution in [3.63, 3.8) is 0 Å². The Labute approximate surface area is 152 Å². The molecule has 24 heavy (non-hydrogen) atoms. The lowest BCUT2D eigenvalue weighted by Crippen LogP contribution is -2.31. The summed E-state index contributed by atoms with van der Waals surface area (Å²) in [6, 6.07) is 10.1. The van der Waals surface area contributed by atoms with Crippen molar-refractivity contribution >= 4 is 21.8 Å². The Morgan fingerprint density at radius 2 is 1.71 bits per heavy atom. The third-order valence-corrected chi connectivity index (χ3v) is 5.31. The Bertz CT molecular complexity index is 732. The third kappa shape index (κ3) is 4.60. The number of aryl methyl sites for hydroxylation is 4. The fourth-order valence-corrected chi connectivity index (χ4v) is 2.95. The van der Waals surface area contributed by atoms with Crippen LogP contribution in [-0.4, -0.2) is 12.5 Å². The highest BCUT2D eigenvalue weighted by Gasteiger charge is 2.13. The van der Waals surface area contributed by atoms with Gasteiger partial charge in [0.15, 0.2) is 6.61 Å². The Kier molecular flexibility index (Phi) is 6.05. The van der Waals surface area contributed by atoms with Crippen LogP contribution in [0.1, 0.15) is 40.8 Å². The van der Waals surface area contributed by atoms with Gasteiger partial charge in [0.2, 0.25) is 0 Å². The van der Waals surface area contributed by atoms with Crippen molar-refractivity contribution in [2.75, 3.05) is 6.61 Å². The molecular formula is C20H24BrNO2. The average molecular weight is 390 g/mol. The number of carbonyl (C=O) groups is 1. The van der Waals surface area contributed by atoms with Crippen molar-refractivity contribution in [1.82, 2.24) is 5.32 Å². The number of carbonyl (C=O) groups excluding carboxylic acids is 1. The quantitative estimate of drug-likeness (QED) is 0.786. The number of hydrogen-bond acceptors (Lipinski definition) is 2. The zero-order valence-corrected chi connectivity index (χ0v) is 16.5. The highest BCUT2D eigenvalue weighted by molar-refractivity contribution is 9.10. The van der Waals surface area contributed by atoms with Crippen LogP contribution in [0, 0.1) is 27.7 Å². The van der Waals surface area contributed by atoms with Crippen LogP contribution >= 0.6 is 15.9 Å². The minimum Gasteiger partial charge on any atom is -0.484 e. The molecule has 0 aromatic heterocycles. The number of amides is 1. The summed E-state index contributed by atoms with van der Waals surface area (Å²) < 4.78 is 6.71. The van der Waals surface area contributed by atoms with Crippen LogP contribution in [0.5, 0.6) is 5.75 Å². The molecular weight excluding hydrogens is 366 g/mol. The third-order valence-electron chi connectivity index (χ3n) is 4.06. The zero-order valence-electron chi connectivity index (χ0n) is 14.9. The van der Waals surface area contributed by atoms with E-state index in [-0.39, 0.29) is 18.6 Å². The molecule has 1 N–H and O–H groups in total. The summed E-state index contributed by atoms with van der Waals surface area (Å²) in [6.07, 6.45) is 0. The van der Waals surface area contributed by atoms with E-state index in [1.165, 1.54) is 11.1 Å². The maximum atomic E-state index is 12.2. The van der Waals surface area contributed by atoms with Crippen LogP contribution in [0.2, 0.25) is 0 Å². The molecule has 4 heteroatoms. The molecule has 0 fully saturated rings. The maximum absolute atomic E-state index is 12.2. The largest absolute Gasteiger partial charge is 0.484 e. The van der Waals surface area contributed by atoms with Gasteiger partial charge in [-0.3, -0.25) is 4.79 Å². The van der Waals surface area contributed by atoms with Gasteiger partial charge in [-0.1, -0.05) is 39.7 Å². The second-order valence-corrected chi connectivity index (χ2v) is 7.10. The van der Waals surface area contributed by atoms with E-state index < -0.39 is 0 Å². The fourth-order valence-electron chi connectivity index (χ4n) is 2.73. The van der Waals surface area contributed by atoms with Gasteiger partial charge < -0.3 is 10.1 Å². The first kappa shape index (κ1) is 18.5. The summed E-state index contributed by atoms with van der Waals surface area (Å²) in [5, 5.41) is 3.00. The van der Waals surface area contributed by atoms with Crippen molar-refractivity contribution < 1.29 is 9.53 Å². The van der Waals surface area contributed by atoms with Crippen molar-refractivity contribution in [3.8, 4) is 5.75 Å². The normalized spacial score (nSPS) is 11.9. The van der Waals surface area contributed by atoms with Gasteiger partial charge in [0.25, 0.3) is 5.91 Å². The molecule has 2 aromatic rings. The molecule has 0 heterocycles. The van der Waals surface area contributed by atoms with E-state index in [0.29, 0.717) is 5.75 Å². The smallest absolute Gasteiger partial charge is 0.258 e. The molecule has 0 unspecified atom stereocenters. The van der Waals surface area contributed by atoms with Crippen LogP contribution in [0.4, 0.5) is 0 Å². The predicted octanol–water partition coefficient (Wildman–Crippen LogP) is 4.94. The van der Waals surface area contributed by atoms with Gasteiger partial charge in [0, 0.05) is 4.47 Å². The Balaban J connectivity index is 1.97. The lowest BCUT2D eigenvalue weighted by molar-refractivity contribution is -0.123. The lowest BCUT2D eigenvalue weighted by Gasteiger charge is -2.18. The summed E-state index contributed by atoms with van der Waals surface area (Å²) in [5.74, 6) is 0.587. The van der Waals surface area contributed by atoms with Crippen molar-refractivity contribution in [3.05, 3.63) is 62.6 Å². The lowest BCUT2D eigenvalue weighted by atomic mass is 10.00. The molecule has 0 radical (unpaired) electrons. The van der Waals surface area contributed by atoms with Gasteiger partial charge in [-0.15, -0.1) is 0 Å². The first-order valence-electron chi connectivity index (χ1n) is 8.04. The summed E-state index contributed by atoms with van der Waals surface area (Å²) in [4.78, 5) is 12.2. The van der Waals surface area contributed by atoms with Crippen molar-refractivity contribution in [2.24, 2.45) is 0 Å². The standard InChI is InChI=1S/C20H24BrNO2/c1-12-6-7-13(2)18(8-12)16(5)22-19(23)11-24-17-9-14(3)20(21)15(4)10-17/h6-10,16H,11H2,1-5H3,(H,22,23)/t16-/m1/s1. The van der Waals surface area contributed by atoms with E-state index in [0.717, 1.165) is 21.2 Å². The van der Waals surface area contributed by atoms with Gasteiger partial charge >= 0.3 is 0 Å². The Morgan fingerprint density at radius 1 is 1.08 bits per heavy atom. The second kappa shape index (κ2) is 7.84. The molecule has 0 spiro atoms. The van der Waals surface area contributed by atoms with Gasteiger partial charge in [-0.05, 0) is 69.0 Å². The molecule has 0 aliphatic heterocycles. The number of ether oxygens (including phenoxy) is 1. The van der Waals surface area contributed by atoms with Crippen molar-refractivity contribution in [2.45, 2.75) is 40.7 Å². The molecule has 2 rings (SSSR count). The van der Waals surface area contributed by atoms with Gasteiger partial charge in [0.05, 0.1) is 6.04 Å². The van der Waals surface area contributed by atoms with Gasteiger partial charge in [-0.2, -0.15) is 0 Å². The van der Waals surface area contributed by atoms with Gasteiger partial charge in [-0.25, -0.2) is 0 Å². The average Bonchev–Trinajstić information content (AvgIpc) is 2.52. The Morgan fingerprint density at radius 3 is 2.33 bits per heavy atom. The highest BCUT2D eigenvalue weighted by Crippen LogP contribution is 2.26. The summed E-state index contributed by atoms with van der Waals surface area (Å²) in [6.45, 7) is 10.1. The van der Waals surface area contributed by atoms with Crippen LogP contribution in [-0.2, 0) is 4.79 Å². The molecule has 0 bridgehead atoms. The first-order valence-corrected chi connectivity index (χ1v) is 8.83. The van der Waals surface area contributed by atoms with Crippen LogP contribution in [0.3, 0.4) is 0 Å². The molecule has 2 aromatic carbocycles. The van der Waals surface area contributed by atoms with Crippen LogP contribution < -0.4 is 10.1 Å². The van der Waals surface area contributed by atoms with Gasteiger partial charge in [0.1, 0.15) is 5.75 Å². The molecule has 0 aliphatic carbocycles. The van der Waals surface area contributed by atoms with E-state index >= 15 is 0 Å². The van der Waals surface area contributed by atoms with Crippen LogP contribution in [0.15, 0.2) is 34.8 Å². The molecule has 0 saturated heterocycles. The van der Waals surface area contributed by atoms with Crippen LogP contribution in [0.25, 0.3) is 0 Å². The molecule has 128 valence electrons. The second-order valence-electron chi connectivity index (χ2n) is 6.31. The van der Waals surface area contributed by atoms with E-state index in [9.17, 15) is 4.79 Å². The fraction of sp³-hybridized carbons (Fsp3) is 0.350. The first-order chi connectivity index (χ1) is 11.3. The highest BCUT2D eigenvalue weighted by atomic mass is 79.9. The minimum atomic E-state index is -0.123. The van der Waals surface area contributed by atoms with Crippen molar-refractivity contribution in [1.29, 1.82) is 0 Å². The number of halogens is 1. The number of rotatable bonds is 5. The molecule has 0 aliphatic rings. The van der Waals surface area contributed by atoms with E-state index in [2.05, 4.69) is 53.3 Å². The van der Waals surface area contributed by atoms with E-state index in [4.69, 9.17) is 4.74 Å². The summed E-state index contributed by atoms with van der Waals surface area (Å²) >= 11 is 3.53. The number of benzene rings is 2. The zero-order chi connectivity index (χ0) is 17.9.